The highest BCUT2D eigenvalue weighted by molar-refractivity contribution is 7.87. The van der Waals surface area contributed by atoms with Crippen LogP contribution in [0, 0.1) is 11.6 Å². The molecular weight excluding hydrogens is 462 g/mol. The standard InChI is InChI=1S/C21H25ClF2N4O3S/c1-27(2)32(30,31)26-15-5-4-11-28(12-10-15)21(29)25-19-9-8-14(22)13-16(19)20-17(23)6-3-7-18(20)24/h3,6-9,13,15,26H,4-5,10-12H2,1-2H3,(H,25,29)/t15-/m0/s1. The molecule has 2 aromatic carbocycles. The zero-order valence-electron chi connectivity index (χ0n) is 17.7. The molecule has 0 bridgehead atoms. The van der Waals surface area contributed by atoms with E-state index in [9.17, 15) is 22.0 Å². The summed E-state index contributed by atoms with van der Waals surface area (Å²) in [6, 6.07) is 7.20. The van der Waals surface area contributed by atoms with E-state index in [-0.39, 0.29) is 27.9 Å². The molecule has 0 aliphatic carbocycles. The van der Waals surface area contributed by atoms with Crippen LogP contribution in [0.15, 0.2) is 36.4 Å². The van der Waals surface area contributed by atoms with Crippen LogP contribution in [0.4, 0.5) is 19.3 Å². The number of hydrogen-bond acceptors (Lipinski definition) is 3. The molecule has 0 unspecified atom stereocenters. The van der Waals surface area contributed by atoms with Gasteiger partial charge in [-0.2, -0.15) is 17.4 Å². The number of halogens is 3. The first-order valence-electron chi connectivity index (χ1n) is 10.1. The van der Waals surface area contributed by atoms with Crippen molar-refractivity contribution in [2.75, 3.05) is 32.5 Å². The average Bonchev–Trinajstić information content (AvgIpc) is 2.95. The molecule has 32 heavy (non-hydrogen) atoms. The van der Waals surface area contributed by atoms with Gasteiger partial charge >= 0.3 is 6.03 Å². The number of nitrogens with one attached hydrogen (secondary N) is 2. The van der Waals surface area contributed by atoms with Crippen molar-refractivity contribution in [1.82, 2.24) is 13.9 Å². The van der Waals surface area contributed by atoms with E-state index < -0.39 is 27.9 Å². The third-order valence-corrected chi connectivity index (χ3v) is 7.09. The molecule has 2 aromatic rings. The third kappa shape index (κ3) is 5.74. The van der Waals surface area contributed by atoms with Gasteiger partial charge in [-0.15, -0.1) is 0 Å². The first-order valence-corrected chi connectivity index (χ1v) is 11.9. The van der Waals surface area contributed by atoms with Crippen molar-refractivity contribution >= 4 is 33.5 Å². The largest absolute Gasteiger partial charge is 0.324 e. The molecule has 2 amide bonds. The highest BCUT2D eigenvalue weighted by Gasteiger charge is 2.25. The van der Waals surface area contributed by atoms with Gasteiger partial charge in [0, 0.05) is 43.8 Å². The SMILES string of the molecule is CN(C)S(=O)(=O)N[C@H]1CCCN(C(=O)Nc2ccc(Cl)cc2-c2c(F)cccc2F)CC1. The molecule has 0 radical (unpaired) electrons. The molecule has 0 aromatic heterocycles. The van der Waals surface area contributed by atoms with Crippen LogP contribution in [0.25, 0.3) is 11.1 Å². The Kier molecular flexibility index (Phi) is 7.71. The van der Waals surface area contributed by atoms with E-state index in [0.717, 1.165) is 16.4 Å². The molecule has 174 valence electrons. The van der Waals surface area contributed by atoms with Crippen molar-refractivity contribution in [3.63, 3.8) is 0 Å². The Balaban J connectivity index is 1.76. The third-order valence-electron chi connectivity index (χ3n) is 5.27. The lowest BCUT2D eigenvalue weighted by Crippen LogP contribution is -2.42. The fraction of sp³-hybridized carbons (Fsp3) is 0.381. The first kappa shape index (κ1) is 24.4. The second-order valence-corrected chi connectivity index (χ2v) is 10.1. The van der Waals surface area contributed by atoms with Crippen molar-refractivity contribution in [3.8, 4) is 11.1 Å². The normalized spacial score (nSPS) is 17.3. The summed E-state index contributed by atoms with van der Waals surface area (Å²) >= 11 is 6.04. The van der Waals surface area contributed by atoms with Gasteiger partial charge in [0.05, 0.1) is 11.3 Å². The Labute approximate surface area is 191 Å². The van der Waals surface area contributed by atoms with E-state index in [4.69, 9.17) is 11.6 Å². The van der Waals surface area contributed by atoms with Crippen LogP contribution in [0.3, 0.4) is 0 Å². The molecule has 11 heteroatoms. The van der Waals surface area contributed by atoms with Gasteiger partial charge in [0.2, 0.25) is 0 Å². The topological polar surface area (TPSA) is 81.8 Å². The van der Waals surface area contributed by atoms with Crippen molar-refractivity contribution in [2.45, 2.75) is 25.3 Å². The molecule has 1 aliphatic rings. The monoisotopic (exact) mass is 486 g/mol. The van der Waals surface area contributed by atoms with Crippen molar-refractivity contribution < 1.29 is 22.0 Å². The molecule has 1 atom stereocenters. The maximum absolute atomic E-state index is 14.4. The lowest BCUT2D eigenvalue weighted by Gasteiger charge is -2.23. The molecular formula is C21H25ClF2N4O3S. The van der Waals surface area contributed by atoms with E-state index >= 15 is 0 Å². The molecule has 0 saturated carbocycles. The Hall–Kier alpha value is -2.27. The second kappa shape index (κ2) is 10.1. The van der Waals surface area contributed by atoms with Crippen molar-refractivity contribution in [2.24, 2.45) is 0 Å². The number of urea groups is 1. The van der Waals surface area contributed by atoms with E-state index in [1.165, 1.54) is 38.4 Å². The van der Waals surface area contributed by atoms with Crippen LogP contribution in [0.2, 0.25) is 5.02 Å². The summed E-state index contributed by atoms with van der Waals surface area (Å²) in [5.41, 5.74) is 0.0738. The summed E-state index contributed by atoms with van der Waals surface area (Å²) in [5.74, 6) is -1.54. The van der Waals surface area contributed by atoms with Gasteiger partial charge in [-0.1, -0.05) is 17.7 Å². The Morgan fingerprint density at radius 1 is 1.12 bits per heavy atom. The Morgan fingerprint density at radius 2 is 1.81 bits per heavy atom. The van der Waals surface area contributed by atoms with Gasteiger partial charge < -0.3 is 10.2 Å². The fourth-order valence-corrected chi connectivity index (χ4v) is 4.55. The van der Waals surface area contributed by atoms with Crippen molar-refractivity contribution in [1.29, 1.82) is 0 Å². The number of rotatable bonds is 5. The lowest BCUT2D eigenvalue weighted by atomic mass is 10.0. The summed E-state index contributed by atoms with van der Waals surface area (Å²) in [7, 11) is -0.677. The van der Waals surface area contributed by atoms with Gasteiger partial charge in [0.15, 0.2) is 0 Å². The maximum Gasteiger partial charge on any atom is 0.321 e. The predicted octanol–water partition coefficient (Wildman–Crippen LogP) is 4.07. The number of likely N-dealkylation sites (tertiary alicyclic amines) is 1. The molecule has 3 rings (SSSR count). The maximum atomic E-state index is 14.4. The van der Waals surface area contributed by atoms with Gasteiger partial charge in [0.1, 0.15) is 11.6 Å². The summed E-state index contributed by atoms with van der Waals surface area (Å²) in [5, 5.41) is 2.99. The number of carbonyl (C=O) groups excluding carboxylic acids is 1. The van der Waals surface area contributed by atoms with Gasteiger partial charge in [-0.05, 0) is 49.6 Å². The van der Waals surface area contributed by atoms with E-state index in [1.807, 2.05) is 0 Å². The zero-order valence-corrected chi connectivity index (χ0v) is 19.3. The highest BCUT2D eigenvalue weighted by atomic mass is 35.5. The molecule has 0 spiro atoms. The van der Waals surface area contributed by atoms with Crippen LogP contribution < -0.4 is 10.0 Å². The van der Waals surface area contributed by atoms with E-state index in [0.29, 0.717) is 32.4 Å². The second-order valence-electron chi connectivity index (χ2n) is 7.74. The van der Waals surface area contributed by atoms with Crippen molar-refractivity contribution in [3.05, 3.63) is 53.1 Å². The predicted molar refractivity (Wildman–Crippen MR) is 121 cm³/mol. The Morgan fingerprint density at radius 3 is 2.47 bits per heavy atom. The average molecular weight is 487 g/mol. The lowest BCUT2D eigenvalue weighted by molar-refractivity contribution is 0.213. The summed E-state index contributed by atoms with van der Waals surface area (Å²) in [6.45, 7) is 0.742. The van der Waals surface area contributed by atoms with Crippen LogP contribution in [0.5, 0.6) is 0 Å². The number of benzene rings is 2. The number of nitrogens with zero attached hydrogens (tertiary/aromatic N) is 2. The molecule has 1 heterocycles. The summed E-state index contributed by atoms with van der Waals surface area (Å²) in [6.07, 6.45) is 1.63. The molecule has 1 saturated heterocycles. The van der Waals surface area contributed by atoms with E-state index in [2.05, 4.69) is 10.0 Å². The smallest absolute Gasteiger partial charge is 0.321 e. The fourth-order valence-electron chi connectivity index (χ4n) is 3.52. The van der Waals surface area contributed by atoms with Gasteiger partial charge in [-0.25, -0.2) is 13.6 Å². The highest BCUT2D eigenvalue weighted by Crippen LogP contribution is 2.34. The van der Waals surface area contributed by atoms with Crippen LogP contribution in [-0.2, 0) is 10.2 Å². The molecule has 7 nitrogen and oxygen atoms in total. The number of anilines is 1. The summed E-state index contributed by atoms with van der Waals surface area (Å²) in [4.78, 5) is 14.5. The van der Waals surface area contributed by atoms with Gasteiger partial charge in [0.25, 0.3) is 10.2 Å². The number of carbonyl (C=O) groups is 1. The minimum absolute atomic E-state index is 0.132. The molecule has 2 N–H and O–H groups in total. The molecule has 1 aliphatic heterocycles. The number of amides is 2. The Bertz CT molecular complexity index is 1080. The minimum atomic E-state index is -3.57. The first-order chi connectivity index (χ1) is 15.1. The van der Waals surface area contributed by atoms with Crippen LogP contribution in [-0.4, -0.2) is 56.9 Å². The number of hydrogen-bond donors (Lipinski definition) is 2. The van der Waals surface area contributed by atoms with E-state index in [1.54, 1.807) is 4.90 Å². The van der Waals surface area contributed by atoms with Crippen LogP contribution in [0.1, 0.15) is 19.3 Å². The van der Waals surface area contributed by atoms with Gasteiger partial charge in [-0.3, -0.25) is 0 Å². The zero-order chi connectivity index (χ0) is 23.5. The quantitative estimate of drug-likeness (QED) is 0.668. The summed E-state index contributed by atoms with van der Waals surface area (Å²) < 4.78 is 56.6. The minimum Gasteiger partial charge on any atom is -0.324 e. The molecule has 1 fully saturated rings. The van der Waals surface area contributed by atoms with Crippen LogP contribution >= 0.6 is 11.6 Å².